The molecule has 0 unspecified atom stereocenters. The maximum Gasteiger partial charge on any atom is 0.491 e. The van der Waals surface area contributed by atoms with Gasteiger partial charge in [-0.25, -0.2) is 4.39 Å². The number of hydrogen-bond donors (Lipinski definition) is 1. The lowest BCUT2D eigenvalue weighted by Crippen LogP contribution is -2.41. The SMILES string of the molecule is CC1(C)OB(C(=Cc2cccc(C#N)c2F)CN)OC1(C)C. The third-order valence-corrected chi connectivity index (χ3v) is 4.28. The number of benzene rings is 1. The number of nitrogens with two attached hydrogens (primary N) is 1. The number of nitrogens with zero attached hydrogens (tertiary/aromatic N) is 1. The minimum atomic E-state index is -0.625. The van der Waals surface area contributed by atoms with Crippen molar-refractivity contribution in [3.8, 4) is 6.07 Å². The van der Waals surface area contributed by atoms with E-state index in [1.807, 2.05) is 33.8 Å². The molecule has 0 saturated carbocycles. The lowest BCUT2D eigenvalue weighted by Gasteiger charge is -2.32. The van der Waals surface area contributed by atoms with E-state index >= 15 is 0 Å². The Bertz CT molecular complexity index is 634. The van der Waals surface area contributed by atoms with Gasteiger partial charge in [0.05, 0.1) is 16.8 Å². The van der Waals surface area contributed by atoms with Crippen molar-refractivity contribution >= 4 is 13.2 Å². The van der Waals surface area contributed by atoms with Gasteiger partial charge in [-0.15, -0.1) is 0 Å². The Hall–Kier alpha value is -1.68. The predicted molar refractivity (Wildman–Crippen MR) is 84.2 cm³/mol. The molecular formula is C16H20BFN2O2. The molecule has 1 aromatic rings. The van der Waals surface area contributed by atoms with Crippen molar-refractivity contribution in [1.29, 1.82) is 5.26 Å². The van der Waals surface area contributed by atoms with Gasteiger partial charge < -0.3 is 15.0 Å². The van der Waals surface area contributed by atoms with Crippen molar-refractivity contribution in [2.24, 2.45) is 5.73 Å². The summed E-state index contributed by atoms with van der Waals surface area (Å²) in [6, 6.07) is 6.48. The van der Waals surface area contributed by atoms with Crippen LogP contribution >= 0.6 is 0 Å². The minimum Gasteiger partial charge on any atom is -0.400 e. The van der Waals surface area contributed by atoms with Crippen molar-refractivity contribution in [3.05, 3.63) is 40.6 Å². The van der Waals surface area contributed by atoms with Gasteiger partial charge in [-0.2, -0.15) is 5.26 Å². The Labute approximate surface area is 130 Å². The van der Waals surface area contributed by atoms with E-state index in [2.05, 4.69) is 0 Å². The molecule has 2 rings (SSSR count). The van der Waals surface area contributed by atoms with Crippen molar-refractivity contribution in [3.63, 3.8) is 0 Å². The van der Waals surface area contributed by atoms with E-state index in [1.54, 1.807) is 18.2 Å². The Morgan fingerprint density at radius 1 is 1.32 bits per heavy atom. The second kappa shape index (κ2) is 5.84. The lowest BCUT2D eigenvalue weighted by molar-refractivity contribution is 0.00578. The van der Waals surface area contributed by atoms with Gasteiger partial charge in [-0.05, 0) is 39.2 Å². The van der Waals surface area contributed by atoms with Crippen molar-refractivity contribution in [2.75, 3.05) is 6.54 Å². The van der Waals surface area contributed by atoms with Crippen LogP contribution in [0.2, 0.25) is 0 Å². The summed E-state index contributed by atoms with van der Waals surface area (Å²) in [4.78, 5) is 0. The summed E-state index contributed by atoms with van der Waals surface area (Å²) in [6.45, 7) is 7.94. The molecule has 1 saturated heterocycles. The highest BCUT2D eigenvalue weighted by molar-refractivity contribution is 6.55. The van der Waals surface area contributed by atoms with Crippen molar-refractivity contribution in [2.45, 2.75) is 38.9 Å². The molecule has 1 aromatic carbocycles. The number of rotatable bonds is 3. The average Bonchev–Trinajstić information content (AvgIpc) is 2.66. The van der Waals surface area contributed by atoms with Crippen LogP contribution in [-0.4, -0.2) is 24.9 Å². The van der Waals surface area contributed by atoms with Gasteiger partial charge in [0.1, 0.15) is 11.9 Å². The first-order valence-electron chi connectivity index (χ1n) is 7.16. The molecule has 116 valence electrons. The third kappa shape index (κ3) is 2.93. The van der Waals surface area contributed by atoms with E-state index in [0.29, 0.717) is 11.0 Å². The van der Waals surface area contributed by atoms with Crippen LogP contribution in [0.4, 0.5) is 4.39 Å². The zero-order valence-electron chi connectivity index (χ0n) is 13.3. The van der Waals surface area contributed by atoms with Gasteiger partial charge in [-0.3, -0.25) is 0 Å². The van der Waals surface area contributed by atoms with Gasteiger partial charge in [0.2, 0.25) is 0 Å². The fourth-order valence-corrected chi connectivity index (χ4v) is 2.17. The van der Waals surface area contributed by atoms with Crippen LogP contribution in [-0.2, 0) is 9.31 Å². The molecule has 0 radical (unpaired) electrons. The molecule has 2 N–H and O–H groups in total. The Morgan fingerprint density at radius 3 is 2.41 bits per heavy atom. The fourth-order valence-electron chi connectivity index (χ4n) is 2.17. The Balaban J connectivity index is 2.37. The number of halogens is 1. The smallest absolute Gasteiger partial charge is 0.400 e. The van der Waals surface area contributed by atoms with Gasteiger partial charge >= 0.3 is 7.12 Å². The molecule has 0 atom stereocenters. The van der Waals surface area contributed by atoms with Crippen molar-refractivity contribution < 1.29 is 13.7 Å². The molecule has 1 aliphatic heterocycles. The second-order valence-electron chi connectivity index (χ2n) is 6.33. The first-order chi connectivity index (χ1) is 10.2. The van der Waals surface area contributed by atoms with Crippen LogP contribution in [0.5, 0.6) is 0 Å². The van der Waals surface area contributed by atoms with Crippen LogP contribution in [0, 0.1) is 17.1 Å². The predicted octanol–water partition coefficient (Wildman–Crippen LogP) is 2.67. The summed E-state index contributed by atoms with van der Waals surface area (Å²) < 4.78 is 26.0. The molecule has 1 heterocycles. The normalized spacial score (nSPS) is 20.0. The van der Waals surface area contributed by atoms with Crippen LogP contribution < -0.4 is 5.73 Å². The largest absolute Gasteiger partial charge is 0.491 e. The molecule has 1 fully saturated rings. The van der Waals surface area contributed by atoms with Crippen LogP contribution in [0.25, 0.3) is 6.08 Å². The zero-order valence-corrected chi connectivity index (χ0v) is 13.3. The van der Waals surface area contributed by atoms with Crippen LogP contribution in [0.3, 0.4) is 0 Å². The highest BCUT2D eigenvalue weighted by Gasteiger charge is 2.52. The molecule has 22 heavy (non-hydrogen) atoms. The molecule has 0 bridgehead atoms. The summed E-state index contributed by atoms with van der Waals surface area (Å²) in [5, 5.41) is 8.90. The fraction of sp³-hybridized carbons (Fsp3) is 0.438. The highest BCUT2D eigenvalue weighted by atomic mass is 19.1. The lowest BCUT2D eigenvalue weighted by atomic mass is 9.77. The quantitative estimate of drug-likeness (QED) is 0.872. The first-order valence-corrected chi connectivity index (χ1v) is 7.16. The second-order valence-corrected chi connectivity index (χ2v) is 6.33. The average molecular weight is 302 g/mol. The molecule has 6 heteroatoms. The maximum absolute atomic E-state index is 14.2. The Kier molecular flexibility index (Phi) is 4.43. The monoisotopic (exact) mass is 302 g/mol. The van der Waals surface area contributed by atoms with Crippen LogP contribution in [0.15, 0.2) is 23.7 Å². The zero-order chi connectivity index (χ0) is 16.5. The molecule has 1 aliphatic rings. The van der Waals surface area contributed by atoms with E-state index in [0.717, 1.165) is 0 Å². The van der Waals surface area contributed by atoms with Gasteiger partial charge in [0.15, 0.2) is 0 Å². The summed E-state index contributed by atoms with van der Waals surface area (Å²) in [6.07, 6.45) is 1.60. The summed E-state index contributed by atoms with van der Waals surface area (Å²) in [5.74, 6) is -0.563. The molecule has 0 aromatic heterocycles. The minimum absolute atomic E-state index is 0.000889. The molecule has 0 aliphatic carbocycles. The molecule has 0 amide bonds. The summed E-state index contributed by atoms with van der Waals surface area (Å²) in [5.41, 5.74) is 5.74. The van der Waals surface area contributed by atoms with Crippen molar-refractivity contribution in [1.82, 2.24) is 0 Å². The van der Waals surface area contributed by atoms with E-state index in [9.17, 15) is 4.39 Å². The molecule has 0 spiro atoms. The van der Waals surface area contributed by atoms with E-state index in [1.165, 1.54) is 6.07 Å². The maximum atomic E-state index is 14.2. The topological polar surface area (TPSA) is 68.3 Å². The standard InChI is InChI=1S/C16H20BFN2O2/c1-15(2)16(3,4)22-17(21-15)13(10-20)8-11-6-5-7-12(9-19)14(11)18/h5-8H,10,20H2,1-4H3. The summed E-state index contributed by atoms with van der Waals surface area (Å²) in [7, 11) is -0.625. The molecule has 4 nitrogen and oxygen atoms in total. The van der Waals surface area contributed by atoms with E-state index in [-0.39, 0.29) is 12.1 Å². The third-order valence-electron chi connectivity index (χ3n) is 4.28. The first kappa shape index (κ1) is 16.7. The van der Waals surface area contributed by atoms with Crippen LogP contribution in [0.1, 0.15) is 38.8 Å². The number of hydrogen-bond acceptors (Lipinski definition) is 4. The Morgan fingerprint density at radius 2 is 1.91 bits per heavy atom. The van der Waals surface area contributed by atoms with E-state index in [4.69, 9.17) is 20.3 Å². The van der Waals surface area contributed by atoms with Gasteiger partial charge in [-0.1, -0.05) is 18.2 Å². The van der Waals surface area contributed by atoms with Gasteiger partial charge in [0, 0.05) is 12.1 Å². The van der Waals surface area contributed by atoms with Gasteiger partial charge in [0.25, 0.3) is 0 Å². The van der Waals surface area contributed by atoms with E-state index < -0.39 is 24.1 Å². The number of nitriles is 1. The molecular weight excluding hydrogens is 282 g/mol. The highest BCUT2D eigenvalue weighted by Crippen LogP contribution is 2.38. The summed E-state index contributed by atoms with van der Waals surface area (Å²) >= 11 is 0.